The Morgan fingerprint density at radius 1 is 1.22 bits per heavy atom. The summed E-state index contributed by atoms with van der Waals surface area (Å²) in [4.78, 5) is 20.5. The summed E-state index contributed by atoms with van der Waals surface area (Å²) in [5, 5.41) is 8.77. The smallest absolute Gasteiger partial charge is 0.320 e. The van der Waals surface area contributed by atoms with Gasteiger partial charge in [0.05, 0.1) is 32.9 Å². The van der Waals surface area contributed by atoms with Crippen molar-refractivity contribution in [3.63, 3.8) is 0 Å². The van der Waals surface area contributed by atoms with Gasteiger partial charge in [-0.15, -0.1) is 5.11 Å². The van der Waals surface area contributed by atoms with E-state index in [1.165, 1.54) is 5.56 Å². The molecule has 172 valence electrons. The zero-order valence-corrected chi connectivity index (χ0v) is 19.3. The summed E-state index contributed by atoms with van der Waals surface area (Å²) >= 11 is 0. The van der Waals surface area contributed by atoms with E-state index in [-0.39, 0.29) is 12.5 Å². The Morgan fingerprint density at radius 3 is 2.78 bits per heavy atom. The van der Waals surface area contributed by atoms with Crippen LogP contribution in [0.3, 0.4) is 0 Å². The number of esters is 1. The highest BCUT2D eigenvalue weighted by Crippen LogP contribution is 2.24. The molecular weight excluding hydrogens is 406 g/mol. The number of pyridine rings is 1. The third kappa shape index (κ3) is 8.01. The van der Waals surface area contributed by atoms with E-state index in [1.54, 1.807) is 4.90 Å². The van der Waals surface area contributed by atoms with Gasteiger partial charge in [0.2, 0.25) is 0 Å². The lowest BCUT2D eigenvalue weighted by atomic mass is 10.1. The maximum Gasteiger partial charge on any atom is 0.320 e. The molecule has 0 atom stereocenters. The number of aromatic nitrogens is 1. The first-order chi connectivity index (χ1) is 15.5. The van der Waals surface area contributed by atoms with Gasteiger partial charge in [-0.25, -0.2) is 4.98 Å². The SMILES string of the molecule is Cc1cccc(CN=Nc2cc(N3CCOCC3)cc(CCCOC(=O)CN(C)C)n2)c1. The van der Waals surface area contributed by atoms with Crippen LogP contribution in [0.1, 0.15) is 23.2 Å². The highest BCUT2D eigenvalue weighted by molar-refractivity contribution is 5.71. The van der Waals surface area contributed by atoms with Crippen LogP contribution in [0.25, 0.3) is 0 Å². The van der Waals surface area contributed by atoms with Crippen LogP contribution in [0.4, 0.5) is 11.5 Å². The van der Waals surface area contributed by atoms with Crippen LogP contribution in [-0.2, 0) is 27.2 Å². The third-order valence-electron chi connectivity index (χ3n) is 5.02. The lowest BCUT2D eigenvalue weighted by Crippen LogP contribution is -2.36. The molecule has 1 aliphatic rings. The number of benzene rings is 1. The van der Waals surface area contributed by atoms with Crippen LogP contribution in [0.15, 0.2) is 46.6 Å². The van der Waals surface area contributed by atoms with Crippen LogP contribution >= 0.6 is 0 Å². The number of carbonyl (C=O) groups excluding carboxylic acids is 1. The van der Waals surface area contributed by atoms with Crippen molar-refractivity contribution in [1.29, 1.82) is 0 Å². The summed E-state index contributed by atoms with van der Waals surface area (Å²) in [5.74, 6) is 0.386. The molecule has 0 spiro atoms. The minimum Gasteiger partial charge on any atom is -0.465 e. The van der Waals surface area contributed by atoms with Gasteiger partial charge in [0.25, 0.3) is 0 Å². The fourth-order valence-corrected chi connectivity index (χ4v) is 3.48. The zero-order valence-electron chi connectivity index (χ0n) is 19.3. The van der Waals surface area contributed by atoms with Crippen molar-refractivity contribution in [3.8, 4) is 0 Å². The number of hydrogen-bond donors (Lipinski definition) is 0. The van der Waals surface area contributed by atoms with Crippen molar-refractivity contribution in [2.45, 2.75) is 26.3 Å². The van der Waals surface area contributed by atoms with Gasteiger partial charge in [-0.3, -0.25) is 9.69 Å². The molecule has 1 aliphatic heterocycles. The Bertz CT molecular complexity index is 910. The summed E-state index contributed by atoms with van der Waals surface area (Å²) in [5.41, 5.74) is 4.33. The van der Waals surface area contributed by atoms with Gasteiger partial charge in [-0.05, 0) is 45.5 Å². The van der Waals surface area contributed by atoms with E-state index in [1.807, 2.05) is 32.3 Å². The average molecular weight is 440 g/mol. The minimum atomic E-state index is -0.212. The molecule has 8 heteroatoms. The van der Waals surface area contributed by atoms with Crippen molar-refractivity contribution in [1.82, 2.24) is 9.88 Å². The Morgan fingerprint density at radius 2 is 2.03 bits per heavy atom. The normalized spacial score (nSPS) is 14.3. The van der Waals surface area contributed by atoms with Crippen LogP contribution in [0.2, 0.25) is 0 Å². The van der Waals surface area contributed by atoms with Gasteiger partial charge in [0.15, 0.2) is 5.82 Å². The molecular formula is C24H33N5O3. The number of anilines is 1. The number of nitrogens with zero attached hydrogens (tertiary/aromatic N) is 5. The first-order valence-corrected chi connectivity index (χ1v) is 11.1. The van der Waals surface area contributed by atoms with Gasteiger partial charge in [0.1, 0.15) is 0 Å². The Labute approximate surface area is 190 Å². The highest BCUT2D eigenvalue weighted by atomic mass is 16.5. The largest absolute Gasteiger partial charge is 0.465 e. The molecule has 0 radical (unpaired) electrons. The second-order valence-electron chi connectivity index (χ2n) is 8.22. The number of aryl methyl sites for hydroxylation is 2. The monoisotopic (exact) mass is 439 g/mol. The van der Waals surface area contributed by atoms with Crippen LogP contribution in [0, 0.1) is 6.92 Å². The molecule has 1 saturated heterocycles. The highest BCUT2D eigenvalue weighted by Gasteiger charge is 2.14. The molecule has 2 aromatic rings. The Balaban J connectivity index is 1.65. The minimum absolute atomic E-state index is 0.212. The van der Waals surface area contributed by atoms with Crippen molar-refractivity contribution < 1.29 is 14.3 Å². The Hall–Kier alpha value is -2.84. The van der Waals surface area contributed by atoms with Crippen LogP contribution in [0.5, 0.6) is 0 Å². The summed E-state index contributed by atoms with van der Waals surface area (Å²) in [7, 11) is 3.69. The number of likely N-dealkylation sites (N-methyl/N-ethyl adjacent to an activating group) is 1. The maximum atomic E-state index is 11.7. The molecule has 0 saturated carbocycles. The second-order valence-corrected chi connectivity index (χ2v) is 8.22. The second kappa shape index (κ2) is 12.3. The quantitative estimate of drug-likeness (QED) is 0.320. The predicted molar refractivity (Wildman–Crippen MR) is 125 cm³/mol. The molecule has 0 N–H and O–H groups in total. The van der Waals surface area contributed by atoms with Crippen molar-refractivity contribution in [2.75, 3.05) is 58.5 Å². The molecule has 8 nitrogen and oxygen atoms in total. The topological polar surface area (TPSA) is 79.6 Å². The van der Waals surface area contributed by atoms with E-state index in [0.29, 0.717) is 45.0 Å². The molecule has 1 aromatic carbocycles. The van der Waals surface area contributed by atoms with E-state index < -0.39 is 0 Å². The first kappa shape index (κ1) is 23.8. The molecule has 0 amide bonds. The molecule has 32 heavy (non-hydrogen) atoms. The van der Waals surface area contributed by atoms with Gasteiger partial charge in [-0.2, -0.15) is 5.11 Å². The molecule has 3 rings (SSSR count). The molecule has 0 unspecified atom stereocenters. The van der Waals surface area contributed by atoms with Gasteiger partial charge < -0.3 is 14.4 Å². The lowest BCUT2D eigenvalue weighted by molar-refractivity contribution is -0.144. The summed E-state index contributed by atoms with van der Waals surface area (Å²) in [6.07, 6.45) is 1.41. The van der Waals surface area contributed by atoms with Crippen molar-refractivity contribution in [2.24, 2.45) is 10.2 Å². The summed E-state index contributed by atoms with van der Waals surface area (Å²) in [6, 6.07) is 12.3. The summed E-state index contributed by atoms with van der Waals surface area (Å²) < 4.78 is 10.8. The average Bonchev–Trinajstić information content (AvgIpc) is 2.77. The molecule has 0 bridgehead atoms. The van der Waals surface area contributed by atoms with E-state index in [0.717, 1.165) is 30.0 Å². The van der Waals surface area contributed by atoms with Gasteiger partial charge >= 0.3 is 5.97 Å². The van der Waals surface area contributed by atoms with Crippen LogP contribution < -0.4 is 4.90 Å². The van der Waals surface area contributed by atoms with Gasteiger partial charge in [0, 0.05) is 30.5 Å². The number of morpholine rings is 1. The molecule has 1 fully saturated rings. The van der Waals surface area contributed by atoms with E-state index >= 15 is 0 Å². The van der Waals surface area contributed by atoms with E-state index in [9.17, 15) is 4.79 Å². The molecule has 2 heterocycles. The van der Waals surface area contributed by atoms with Gasteiger partial charge in [-0.1, -0.05) is 29.8 Å². The number of carbonyl (C=O) groups is 1. The number of ether oxygens (including phenoxy) is 2. The van der Waals surface area contributed by atoms with Crippen molar-refractivity contribution >= 4 is 17.5 Å². The van der Waals surface area contributed by atoms with Crippen molar-refractivity contribution in [3.05, 3.63) is 53.2 Å². The van der Waals surface area contributed by atoms with E-state index in [4.69, 9.17) is 9.47 Å². The summed E-state index contributed by atoms with van der Waals surface area (Å²) in [6.45, 7) is 6.35. The maximum absolute atomic E-state index is 11.7. The lowest BCUT2D eigenvalue weighted by Gasteiger charge is -2.29. The number of azo groups is 1. The zero-order chi connectivity index (χ0) is 22.8. The first-order valence-electron chi connectivity index (χ1n) is 11.1. The van der Waals surface area contributed by atoms with E-state index in [2.05, 4.69) is 45.2 Å². The third-order valence-corrected chi connectivity index (χ3v) is 5.02. The van der Waals surface area contributed by atoms with Crippen LogP contribution in [-0.4, -0.2) is 69.4 Å². The predicted octanol–water partition coefficient (Wildman–Crippen LogP) is 3.55. The molecule has 0 aliphatic carbocycles. The number of rotatable bonds is 10. The Kier molecular flexibility index (Phi) is 9.13. The number of hydrogen-bond acceptors (Lipinski definition) is 8. The standard InChI is InChI=1S/C24H33N5O3/c1-19-6-4-7-20(14-19)17-25-27-23-16-22(29-9-12-31-13-10-29)15-21(26-23)8-5-11-32-24(30)18-28(2)3/h4,6-7,14-16H,5,8-13,17-18H2,1-3H3. The fourth-order valence-electron chi connectivity index (χ4n) is 3.48. The molecule has 1 aromatic heterocycles. The fraction of sp³-hybridized carbons (Fsp3) is 0.500.